The molecule has 3 aliphatic carbocycles. The Morgan fingerprint density at radius 1 is 1.40 bits per heavy atom. The molecule has 1 aromatic carbocycles. The van der Waals surface area contributed by atoms with Gasteiger partial charge in [0.15, 0.2) is 11.5 Å². The van der Waals surface area contributed by atoms with Crippen LogP contribution in [0.25, 0.3) is 5.57 Å². The zero-order chi connectivity index (χ0) is 17.9. The van der Waals surface area contributed by atoms with Crippen LogP contribution in [0.1, 0.15) is 37.3 Å². The van der Waals surface area contributed by atoms with E-state index in [1.54, 1.807) is 13.2 Å². The van der Waals surface area contributed by atoms with Gasteiger partial charge in [-0.2, -0.15) is 0 Å². The molecule has 0 aromatic heterocycles. The molecule has 0 radical (unpaired) electrons. The summed E-state index contributed by atoms with van der Waals surface area (Å²) in [6, 6.07) is 1.80. The number of ether oxygens (including phenoxy) is 2. The van der Waals surface area contributed by atoms with Crippen LogP contribution in [0.5, 0.6) is 11.5 Å². The van der Waals surface area contributed by atoms with E-state index in [-0.39, 0.29) is 17.4 Å². The Balaban J connectivity index is 1.99. The van der Waals surface area contributed by atoms with Crippen molar-refractivity contribution >= 4 is 27.5 Å². The Morgan fingerprint density at radius 3 is 2.80 bits per heavy atom. The molecule has 2 N–H and O–H groups in total. The fourth-order valence-corrected chi connectivity index (χ4v) is 5.43. The first-order valence-electron chi connectivity index (χ1n) is 8.54. The van der Waals surface area contributed by atoms with E-state index in [0.717, 1.165) is 27.6 Å². The van der Waals surface area contributed by atoms with Crippen molar-refractivity contribution in [3.8, 4) is 11.5 Å². The number of carbonyl (C=O) groups excluding carboxylic acids is 1. The highest BCUT2D eigenvalue weighted by Gasteiger charge is 2.59. The average molecular weight is 409 g/mol. The number of allylic oxidation sites excluding steroid dienone is 1. The number of benzene rings is 1. The van der Waals surface area contributed by atoms with Crippen LogP contribution in [-0.2, 0) is 11.2 Å². The number of aliphatic hydroxyl groups excluding tert-OH is 2. The molecule has 3 aliphatic rings. The first-order valence-corrected chi connectivity index (χ1v) is 9.33. The summed E-state index contributed by atoms with van der Waals surface area (Å²) < 4.78 is 11.9. The first kappa shape index (κ1) is 17.1. The fraction of sp³-hybridized carbons (Fsp3) is 0.526. The second kappa shape index (κ2) is 5.83. The van der Waals surface area contributed by atoms with Crippen molar-refractivity contribution in [3.05, 3.63) is 27.7 Å². The predicted molar refractivity (Wildman–Crippen MR) is 95.5 cm³/mol. The highest BCUT2D eigenvalue weighted by atomic mass is 79.9. The molecule has 0 aliphatic heterocycles. The molecule has 4 atom stereocenters. The Bertz CT molecular complexity index is 787. The van der Waals surface area contributed by atoms with Crippen LogP contribution in [-0.4, -0.2) is 35.5 Å². The van der Waals surface area contributed by atoms with Crippen LogP contribution in [0.4, 0.5) is 0 Å². The SMILES string of the molecule is COc1cc(Br)c2c(c1OC(C)=O)C1=CC(O)CC[C@@]13CC(O)[C@H]3C2. The van der Waals surface area contributed by atoms with Crippen LogP contribution in [0.2, 0.25) is 0 Å². The Hall–Kier alpha value is -1.37. The Labute approximate surface area is 154 Å². The third-order valence-corrected chi connectivity index (χ3v) is 6.69. The summed E-state index contributed by atoms with van der Waals surface area (Å²) in [4.78, 5) is 11.7. The molecule has 0 bridgehead atoms. The number of rotatable bonds is 2. The van der Waals surface area contributed by atoms with Gasteiger partial charge in [0, 0.05) is 22.4 Å². The van der Waals surface area contributed by atoms with E-state index in [2.05, 4.69) is 15.9 Å². The van der Waals surface area contributed by atoms with Crippen LogP contribution in [0.3, 0.4) is 0 Å². The van der Waals surface area contributed by atoms with Gasteiger partial charge >= 0.3 is 5.97 Å². The lowest BCUT2D eigenvalue weighted by Crippen LogP contribution is -2.56. The van der Waals surface area contributed by atoms with E-state index in [1.165, 1.54) is 6.92 Å². The van der Waals surface area contributed by atoms with E-state index in [4.69, 9.17) is 9.47 Å². The minimum Gasteiger partial charge on any atom is -0.493 e. The summed E-state index contributed by atoms with van der Waals surface area (Å²) in [7, 11) is 1.54. The summed E-state index contributed by atoms with van der Waals surface area (Å²) in [5, 5.41) is 20.6. The molecule has 1 aromatic rings. The lowest BCUT2D eigenvalue weighted by Gasteiger charge is -2.59. The molecule has 25 heavy (non-hydrogen) atoms. The number of carbonyl (C=O) groups is 1. The molecule has 1 spiro atoms. The number of hydrogen-bond donors (Lipinski definition) is 2. The van der Waals surface area contributed by atoms with E-state index < -0.39 is 12.1 Å². The lowest BCUT2D eigenvalue weighted by atomic mass is 9.46. The van der Waals surface area contributed by atoms with Crippen molar-refractivity contribution < 1.29 is 24.5 Å². The molecule has 1 saturated carbocycles. The van der Waals surface area contributed by atoms with Gasteiger partial charge in [0.05, 0.1) is 19.3 Å². The minimum atomic E-state index is -0.528. The third-order valence-electron chi connectivity index (χ3n) is 5.99. The number of esters is 1. The average Bonchev–Trinajstić information content (AvgIpc) is 2.55. The van der Waals surface area contributed by atoms with Gasteiger partial charge in [-0.1, -0.05) is 22.0 Å². The van der Waals surface area contributed by atoms with Crippen LogP contribution in [0.15, 0.2) is 16.6 Å². The molecular formula is C19H21BrO5. The fourth-order valence-electron chi connectivity index (χ4n) is 4.87. The summed E-state index contributed by atoms with van der Waals surface area (Å²) in [6.45, 7) is 1.37. The van der Waals surface area contributed by atoms with Crippen molar-refractivity contribution in [2.75, 3.05) is 7.11 Å². The smallest absolute Gasteiger partial charge is 0.308 e. The highest BCUT2D eigenvalue weighted by Crippen LogP contribution is 2.66. The summed E-state index contributed by atoms with van der Waals surface area (Å²) in [6.07, 6.45) is 3.93. The number of halogens is 1. The standard InChI is InChI=1S/C19H21BrO5/c1-9(21)25-18-16(24-2)7-14(20)11-6-12-15(23)8-19(12)4-3-10(22)5-13(19)17(11)18/h5,7,10,12,15,22-23H,3-4,6,8H2,1-2H3/t10?,12-,15?,19+/m1/s1. The normalized spacial score (nSPS) is 32.5. The number of hydrogen-bond acceptors (Lipinski definition) is 5. The molecule has 2 unspecified atom stereocenters. The van der Waals surface area contributed by atoms with Crippen molar-refractivity contribution in [2.45, 2.75) is 44.8 Å². The summed E-state index contributed by atoms with van der Waals surface area (Å²) >= 11 is 3.60. The Kier molecular flexibility index (Phi) is 3.98. The van der Waals surface area contributed by atoms with Gasteiger partial charge in [-0.25, -0.2) is 0 Å². The number of fused-ring (bicyclic) bond motifs is 2. The predicted octanol–water partition coefficient (Wildman–Crippen LogP) is 2.84. The second-order valence-electron chi connectivity index (χ2n) is 7.26. The van der Waals surface area contributed by atoms with Crippen molar-refractivity contribution in [2.24, 2.45) is 11.3 Å². The maximum absolute atomic E-state index is 11.7. The zero-order valence-corrected chi connectivity index (χ0v) is 15.8. The minimum absolute atomic E-state index is 0.133. The summed E-state index contributed by atoms with van der Waals surface area (Å²) in [5.74, 6) is 0.612. The number of aliphatic hydroxyl groups is 2. The van der Waals surface area contributed by atoms with Gasteiger partial charge in [0.1, 0.15) is 0 Å². The molecular weight excluding hydrogens is 388 g/mol. The molecule has 6 heteroatoms. The molecule has 1 fully saturated rings. The van der Waals surface area contributed by atoms with E-state index >= 15 is 0 Å². The van der Waals surface area contributed by atoms with E-state index in [9.17, 15) is 15.0 Å². The van der Waals surface area contributed by atoms with Crippen molar-refractivity contribution in [3.63, 3.8) is 0 Å². The largest absolute Gasteiger partial charge is 0.493 e. The van der Waals surface area contributed by atoms with Gasteiger partial charge in [0.2, 0.25) is 0 Å². The van der Waals surface area contributed by atoms with Crippen LogP contribution >= 0.6 is 15.9 Å². The van der Waals surface area contributed by atoms with Gasteiger partial charge in [-0.05, 0) is 48.8 Å². The molecule has 4 rings (SSSR count). The topological polar surface area (TPSA) is 76.0 Å². The monoisotopic (exact) mass is 408 g/mol. The van der Waals surface area contributed by atoms with Crippen molar-refractivity contribution in [1.29, 1.82) is 0 Å². The van der Waals surface area contributed by atoms with Crippen LogP contribution in [0, 0.1) is 11.3 Å². The van der Waals surface area contributed by atoms with Crippen molar-refractivity contribution in [1.82, 2.24) is 0 Å². The van der Waals surface area contributed by atoms with Gasteiger partial charge in [-0.3, -0.25) is 4.79 Å². The van der Waals surface area contributed by atoms with E-state index in [0.29, 0.717) is 30.8 Å². The maximum Gasteiger partial charge on any atom is 0.308 e. The van der Waals surface area contributed by atoms with E-state index in [1.807, 2.05) is 6.08 Å². The number of methoxy groups -OCH3 is 1. The zero-order valence-electron chi connectivity index (χ0n) is 14.2. The second-order valence-corrected chi connectivity index (χ2v) is 8.12. The molecule has 0 amide bonds. The van der Waals surface area contributed by atoms with Gasteiger partial charge in [-0.15, -0.1) is 0 Å². The highest BCUT2D eigenvalue weighted by molar-refractivity contribution is 9.10. The molecule has 0 saturated heterocycles. The maximum atomic E-state index is 11.7. The van der Waals surface area contributed by atoms with Gasteiger partial charge in [0.25, 0.3) is 0 Å². The Morgan fingerprint density at radius 2 is 2.16 bits per heavy atom. The molecule has 5 nitrogen and oxygen atoms in total. The summed E-state index contributed by atoms with van der Waals surface area (Å²) in [5.41, 5.74) is 2.67. The quantitative estimate of drug-likeness (QED) is 0.581. The third kappa shape index (κ3) is 2.38. The molecule has 0 heterocycles. The van der Waals surface area contributed by atoms with Crippen LogP contribution < -0.4 is 9.47 Å². The lowest BCUT2D eigenvalue weighted by molar-refractivity contribution is -0.132. The molecule has 134 valence electrons. The first-order chi connectivity index (χ1) is 11.9. The van der Waals surface area contributed by atoms with Gasteiger partial charge < -0.3 is 19.7 Å².